The highest BCUT2D eigenvalue weighted by Gasteiger charge is 2.20. The van der Waals surface area contributed by atoms with Gasteiger partial charge >= 0.3 is 0 Å². The SMILES string of the molecule is CCc1ccc(Cl)cc1CNC1CC1. The van der Waals surface area contributed by atoms with Crippen molar-refractivity contribution in [3.63, 3.8) is 0 Å². The van der Waals surface area contributed by atoms with Crippen LogP contribution >= 0.6 is 11.6 Å². The molecule has 14 heavy (non-hydrogen) atoms. The lowest BCUT2D eigenvalue weighted by Crippen LogP contribution is -2.16. The largest absolute Gasteiger partial charge is 0.310 e. The molecule has 1 saturated carbocycles. The summed E-state index contributed by atoms with van der Waals surface area (Å²) in [5, 5.41) is 4.36. The summed E-state index contributed by atoms with van der Waals surface area (Å²) in [6, 6.07) is 6.95. The van der Waals surface area contributed by atoms with Crippen molar-refractivity contribution in [3.8, 4) is 0 Å². The molecule has 0 aromatic heterocycles. The lowest BCUT2D eigenvalue weighted by Gasteiger charge is -2.09. The van der Waals surface area contributed by atoms with Gasteiger partial charge < -0.3 is 5.32 Å². The molecular formula is C12H16ClN. The van der Waals surface area contributed by atoms with Crippen molar-refractivity contribution in [2.75, 3.05) is 0 Å². The molecular weight excluding hydrogens is 194 g/mol. The minimum atomic E-state index is 0.763. The molecule has 0 heterocycles. The molecule has 0 spiro atoms. The van der Waals surface area contributed by atoms with E-state index in [1.165, 1.54) is 24.0 Å². The van der Waals surface area contributed by atoms with Gasteiger partial charge in [-0.25, -0.2) is 0 Å². The van der Waals surface area contributed by atoms with Gasteiger partial charge in [-0.15, -0.1) is 0 Å². The van der Waals surface area contributed by atoms with E-state index in [1.54, 1.807) is 0 Å². The number of benzene rings is 1. The molecule has 2 rings (SSSR count). The molecule has 0 amide bonds. The first kappa shape index (κ1) is 10.0. The lowest BCUT2D eigenvalue weighted by atomic mass is 10.1. The number of aryl methyl sites for hydroxylation is 1. The molecule has 2 heteroatoms. The Labute approximate surface area is 90.5 Å². The summed E-state index contributed by atoms with van der Waals surface area (Å²) < 4.78 is 0. The average molecular weight is 210 g/mol. The first-order valence-corrected chi connectivity index (χ1v) is 5.68. The molecule has 0 unspecified atom stereocenters. The monoisotopic (exact) mass is 209 g/mol. The van der Waals surface area contributed by atoms with Crippen LogP contribution < -0.4 is 5.32 Å². The van der Waals surface area contributed by atoms with Gasteiger partial charge in [0.2, 0.25) is 0 Å². The van der Waals surface area contributed by atoms with Gasteiger partial charge in [-0.1, -0.05) is 24.6 Å². The maximum Gasteiger partial charge on any atom is 0.0409 e. The second-order valence-electron chi connectivity index (χ2n) is 3.92. The van der Waals surface area contributed by atoms with E-state index in [0.717, 1.165) is 24.0 Å². The summed E-state index contributed by atoms with van der Waals surface area (Å²) in [5.41, 5.74) is 2.76. The Bertz CT molecular complexity index is 318. The summed E-state index contributed by atoms with van der Waals surface area (Å²) >= 11 is 5.98. The van der Waals surface area contributed by atoms with Gasteiger partial charge in [-0.3, -0.25) is 0 Å². The van der Waals surface area contributed by atoms with Crippen molar-refractivity contribution in [2.24, 2.45) is 0 Å². The van der Waals surface area contributed by atoms with Gasteiger partial charge in [0.05, 0.1) is 0 Å². The maximum absolute atomic E-state index is 5.98. The zero-order chi connectivity index (χ0) is 9.97. The third kappa shape index (κ3) is 2.49. The van der Waals surface area contributed by atoms with Crippen LogP contribution in [0.1, 0.15) is 30.9 Å². The van der Waals surface area contributed by atoms with Crippen LogP contribution in [0.4, 0.5) is 0 Å². The fraction of sp³-hybridized carbons (Fsp3) is 0.500. The molecule has 0 aliphatic heterocycles. The first-order valence-electron chi connectivity index (χ1n) is 5.30. The standard InChI is InChI=1S/C12H16ClN/c1-2-9-3-4-11(13)7-10(9)8-14-12-5-6-12/h3-4,7,12,14H,2,5-6,8H2,1H3. The van der Waals surface area contributed by atoms with E-state index >= 15 is 0 Å². The van der Waals surface area contributed by atoms with Gasteiger partial charge in [0.25, 0.3) is 0 Å². The van der Waals surface area contributed by atoms with E-state index in [0.29, 0.717) is 0 Å². The second kappa shape index (κ2) is 4.33. The Balaban J connectivity index is 2.07. The van der Waals surface area contributed by atoms with Crippen molar-refractivity contribution >= 4 is 11.6 Å². The van der Waals surface area contributed by atoms with E-state index in [4.69, 9.17) is 11.6 Å². The second-order valence-corrected chi connectivity index (χ2v) is 4.36. The van der Waals surface area contributed by atoms with E-state index in [-0.39, 0.29) is 0 Å². The fourth-order valence-electron chi connectivity index (χ4n) is 1.65. The van der Waals surface area contributed by atoms with E-state index in [1.807, 2.05) is 6.07 Å². The average Bonchev–Trinajstić information content (AvgIpc) is 2.98. The van der Waals surface area contributed by atoms with Crippen LogP contribution in [0, 0.1) is 0 Å². The Hall–Kier alpha value is -0.530. The predicted molar refractivity (Wildman–Crippen MR) is 60.7 cm³/mol. The van der Waals surface area contributed by atoms with Crippen LogP contribution in [-0.2, 0) is 13.0 Å². The van der Waals surface area contributed by atoms with Gasteiger partial charge in [0, 0.05) is 17.6 Å². The van der Waals surface area contributed by atoms with Crippen molar-refractivity contribution in [2.45, 2.75) is 38.8 Å². The smallest absolute Gasteiger partial charge is 0.0409 e. The maximum atomic E-state index is 5.98. The number of hydrogen-bond acceptors (Lipinski definition) is 1. The minimum absolute atomic E-state index is 0.763. The topological polar surface area (TPSA) is 12.0 Å². The van der Waals surface area contributed by atoms with E-state index in [2.05, 4.69) is 24.4 Å². The van der Waals surface area contributed by atoms with Crippen LogP contribution in [0.15, 0.2) is 18.2 Å². The Morgan fingerprint density at radius 3 is 2.79 bits per heavy atom. The van der Waals surface area contributed by atoms with Gasteiger partial charge in [0.15, 0.2) is 0 Å². The predicted octanol–water partition coefficient (Wildman–Crippen LogP) is 3.15. The molecule has 1 N–H and O–H groups in total. The molecule has 1 aliphatic rings. The zero-order valence-corrected chi connectivity index (χ0v) is 9.27. The molecule has 1 aliphatic carbocycles. The van der Waals surface area contributed by atoms with Crippen molar-refractivity contribution in [1.82, 2.24) is 5.32 Å². The molecule has 1 aromatic rings. The van der Waals surface area contributed by atoms with Crippen LogP contribution in [0.5, 0.6) is 0 Å². The molecule has 0 bridgehead atoms. The summed E-state index contributed by atoms with van der Waals surface area (Å²) in [7, 11) is 0. The fourth-order valence-corrected chi connectivity index (χ4v) is 1.84. The van der Waals surface area contributed by atoms with Crippen LogP contribution in [-0.4, -0.2) is 6.04 Å². The molecule has 1 fully saturated rings. The number of hydrogen-bond donors (Lipinski definition) is 1. The van der Waals surface area contributed by atoms with Crippen molar-refractivity contribution in [1.29, 1.82) is 0 Å². The molecule has 0 radical (unpaired) electrons. The summed E-state index contributed by atoms with van der Waals surface area (Å²) in [6.07, 6.45) is 3.75. The first-order chi connectivity index (χ1) is 6.79. The molecule has 0 atom stereocenters. The van der Waals surface area contributed by atoms with Gasteiger partial charge in [-0.2, -0.15) is 0 Å². The zero-order valence-electron chi connectivity index (χ0n) is 8.52. The highest BCUT2D eigenvalue weighted by atomic mass is 35.5. The van der Waals surface area contributed by atoms with Gasteiger partial charge in [-0.05, 0) is 42.5 Å². The normalized spacial score (nSPS) is 15.9. The third-order valence-electron chi connectivity index (χ3n) is 2.71. The molecule has 1 nitrogen and oxygen atoms in total. The van der Waals surface area contributed by atoms with Gasteiger partial charge in [0.1, 0.15) is 0 Å². The Morgan fingerprint density at radius 1 is 1.36 bits per heavy atom. The molecule has 76 valence electrons. The lowest BCUT2D eigenvalue weighted by molar-refractivity contribution is 0.683. The Morgan fingerprint density at radius 2 is 2.14 bits per heavy atom. The number of rotatable bonds is 4. The number of halogens is 1. The van der Waals surface area contributed by atoms with E-state index in [9.17, 15) is 0 Å². The van der Waals surface area contributed by atoms with E-state index < -0.39 is 0 Å². The third-order valence-corrected chi connectivity index (χ3v) is 2.94. The summed E-state index contributed by atoms with van der Waals surface area (Å²) in [5.74, 6) is 0. The van der Waals surface area contributed by atoms with Crippen LogP contribution in [0.2, 0.25) is 5.02 Å². The van der Waals surface area contributed by atoms with Crippen LogP contribution in [0.25, 0.3) is 0 Å². The summed E-state index contributed by atoms with van der Waals surface area (Å²) in [6.45, 7) is 3.15. The van der Waals surface area contributed by atoms with Crippen molar-refractivity contribution in [3.05, 3.63) is 34.3 Å². The highest BCUT2D eigenvalue weighted by Crippen LogP contribution is 2.21. The Kier molecular flexibility index (Phi) is 3.09. The minimum Gasteiger partial charge on any atom is -0.310 e. The quantitative estimate of drug-likeness (QED) is 0.804. The van der Waals surface area contributed by atoms with Crippen molar-refractivity contribution < 1.29 is 0 Å². The highest BCUT2D eigenvalue weighted by molar-refractivity contribution is 6.30. The molecule has 0 saturated heterocycles. The number of nitrogens with one attached hydrogen (secondary N) is 1. The molecule has 1 aromatic carbocycles. The van der Waals surface area contributed by atoms with Crippen LogP contribution in [0.3, 0.4) is 0 Å². The summed E-state index contributed by atoms with van der Waals surface area (Å²) in [4.78, 5) is 0.